The van der Waals surface area contributed by atoms with Gasteiger partial charge in [0.1, 0.15) is 6.10 Å². The molecule has 1 fully saturated rings. The van der Waals surface area contributed by atoms with Crippen molar-refractivity contribution in [3.8, 4) is 0 Å². The maximum Gasteiger partial charge on any atom is 0.308 e. The third kappa shape index (κ3) is 10.6. The second-order valence-corrected chi connectivity index (χ2v) is 9.54. The van der Waals surface area contributed by atoms with E-state index in [0.717, 1.165) is 50.5 Å². The van der Waals surface area contributed by atoms with Gasteiger partial charge in [0.15, 0.2) is 0 Å². The third-order valence-electron chi connectivity index (χ3n) is 6.24. The van der Waals surface area contributed by atoms with Crippen molar-refractivity contribution in [3.63, 3.8) is 0 Å². The third-order valence-corrected chi connectivity index (χ3v) is 6.24. The number of rotatable bonds is 16. The van der Waals surface area contributed by atoms with Gasteiger partial charge in [-0.25, -0.2) is 0 Å². The molecule has 7 heteroatoms. The number of carbonyl (C=O) groups excluding carboxylic acids is 1. The minimum Gasteiger partial charge on any atom is -0.481 e. The molecule has 1 rings (SSSR count). The standard InChI is InChI=1S/C25H42O7/c1-6-9-20(13-16(2)12-19(5)24(28)29)32-25(30)17(3)10-7-8-11-22-18(4)14-21(31-22)15-23(26)27/h17-22H,2,6-15H2,1,3-5H3,(H,26,27)(H,28,29)/t17-,18-,19+,20+,21+,22?/m0/s1. The Morgan fingerprint density at radius 2 is 1.78 bits per heavy atom. The first-order valence-electron chi connectivity index (χ1n) is 12.0. The lowest BCUT2D eigenvalue weighted by molar-refractivity contribution is -0.154. The number of carboxylic acid groups (broad SMARTS) is 2. The molecular formula is C25H42O7. The van der Waals surface area contributed by atoms with E-state index in [0.29, 0.717) is 18.8 Å². The molecule has 0 aromatic rings. The maximum absolute atomic E-state index is 12.6. The summed E-state index contributed by atoms with van der Waals surface area (Å²) in [6.45, 7) is 11.6. The van der Waals surface area contributed by atoms with Crippen LogP contribution in [0, 0.1) is 17.8 Å². The van der Waals surface area contributed by atoms with Crippen molar-refractivity contribution in [2.45, 2.75) is 110 Å². The molecule has 0 spiro atoms. The Bertz CT molecular complexity index is 630. The van der Waals surface area contributed by atoms with Gasteiger partial charge in [-0.1, -0.05) is 59.1 Å². The average molecular weight is 455 g/mol. The van der Waals surface area contributed by atoms with Gasteiger partial charge in [-0.05, 0) is 38.0 Å². The highest BCUT2D eigenvalue weighted by atomic mass is 16.5. The Morgan fingerprint density at radius 1 is 1.09 bits per heavy atom. The molecule has 2 N–H and O–H groups in total. The molecule has 0 aromatic heterocycles. The summed E-state index contributed by atoms with van der Waals surface area (Å²) in [5.74, 6) is -2.23. The highest BCUT2D eigenvalue weighted by Gasteiger charge is 2.32. The van der Waals surface area contributed by atoms with E-state index in [4.69, 9.17) is 19.7 Å². The van der Waals surface area contributed by atoms with E-state index in [1.165, 1.54) is 0 Å². The van der Waals surface area contributed by atoms with Crippen LogP contribution in [0.3, 0.4) is 0 Å². The molecule has 1 heterocycles. The van der Waals surface area contributed by atoms with Crippen molar-refractivity contribution in [1.29, 1.82) is 0 Å². The number of esters is 1. The first-order chi connectivity index (χ1) is 15.0. The lowest BCUT2D eigenvalue weighted by Crippen LogP contribution is -2.24. The summed E-state index contributed by atoms with van der Waals surface area (Å²) >= 11 is 0. The lowest BCUT2D eigenvalue weighted by Gasteiger charge is -2.22. The van der Waals surface area contributed by atoms with Crippen LogP contribution in [0.15, 0.2) is 12.2 Å². The molecule has 7 nitrogen and oxygen atoms in total. The van der Waals surface area contributed by atoms with Crippen LogP contribution < -0.4 is 0 Å². The highest BCUT2D eigenvalue weighted by Crippen LogP contribution is 2.31. The van der Waals surface area contributed by atoms with Crippen LogP contribution in [0.5, 0.6) is 0 Å². The van der Waals surface area contributed by atoms with E-state index in [1.54, 1.807) is 6.92 Å². The molecule has 0 radical (unpaired) electrons. The number of aliphatic carboxylic acids is 2. The fourth-order valence-electron chi connectivity index (χ4n) is 4.33. The number of hydrogen-bond acceptors (Lipinski definition) is 5. The van der Waals surface area contributed by atoms with Gasteiger partial charge in [-0.2, -0.15) is 0 Å². The first-order valence-corrected chi connectivity index (χ1v) is 12.0. The van der Waals surface area contributed by atoms with E-state index in [2.05, 4.69) is 13.5 Å². The Labute approximate surface area is 192 Å². The highest BCUT2D eigenvalue weighted by molar-refractivity contribution is 5.72. The van der Waals surface area contributed by atoms with E-state index in [9.17, 15) is 14.4 Å². The molecule has 1 saturated heterocycles. The Kier molecular flexibility index (Phi) is 12.6. The zero-order valence-corrected chi connectivity index (χ0v) is 20.2. The second kappa shape index (κ2) is 14.3. The van der Waals surface area contributed by atoms with Crippen LogP contribution in [0.2, 0.25) is 0 Å². The van der Waals surface area contributed by atoms with E-state index < -0.39 is 17.9 Å². The van der Waals surface area contributed by atoms with E-state index in [1.807, 2.05) is 13.8 Å². The predicted molar refractivity (Wildman–Crippen MR) is 122 cm³/mol. The number of unbranched alkanes of at least 4 members (excludes halogenated alkanes) is 1. The topological polar surface area (TPSA) is 110 Å². The molecule has 1 aliphatic rings. The summed E-state index contributed by atoms with van der Waals surface area (Å²) in [5, 5.41) is 18.0. The van der Waals surface area contributed by atoms with Gasteiger partial charge in [0.25, 0.3) is 0 Å². The SMILES string of the molecule is C=C(C[C@@H](CCC)OC(=O)[C@@H](C)CCCCC1O[C@@H](CC(=O)O)C[C@@H]1C)C[C@@H](C)C(=O)O. The number of carboxylic acids is 2. The summed E-state index contributed by atoms with van der Waals surface area (Å²) in [6, 6.07) is 0. The van der Waals surface area contributed by atoms with Gasteiger partial charge < -0.3 is 19.7 Å². The average Bonchev–Trinajstić information content (AvgIpc) is 3.03. The molecule has 0 aliphatic carbocycles. The van der Waals surface area contributed by atoms with Gasteiger partial charge in [-0.15, -0.1) is 0 Å². The van der Waals surface area contributed by atoms with Gasteiger partial charge in [0.05, 0.1) is 30.5 Å². The molecule has 0 aromatic carbocycles. The van der Waals surface area contributed by atoms with E-state index >= 15 is 0 Å². The number of hydrogen-bond donors (Lipinski definition) is 2. The van der Waals surface area contributed by atoms with Crippen molar-refractivity contribution in [3.05, 3.63) is 12.2 Å². The Balaban J connectivity index is 2.36. The summed E-state index contributed by atoms with van der Waals surface area (Å²) < 4.78 is 11.6. The summed E-state index contributed by atoms with van der Waals surface area (Å²) in [5.41, 5.74) is 0.797. The second-order valence-electron chi connectivity index (χ2n) is 9.54. The van der Waals surface area contributed by atoms with Crippen molar-refractivity contribution in [2.75, 3.05) is 0 Å². The first kappa shape index (κ1) is 28.1. The van der Waals surface area contributed by atoms with Crippen LogP contribution in [0.25, 0.3) is 0 Å². The molecular weight excluding hydrogens is 412 g/mol. The largest absolute Gasteiger partial charge is 0.481 e. The van der Waals surface area contributed by atoms with Crippen LogP contribution in [0.1, 0.15) is 91.9 Å². The van der Waals surface area contributed by atoms with Crippen LogP contribution in [0.4, 0.5) is 0 Å². The number of carbonyl (C=O) groups is 3. The van der Waals surface area contributed by atoms with Gasteiger partial charge >= 0.3 is 17.9 Å². The zero-order valence-electron chi connectivity index (χ0n) is 20.2. The molecule has 0 bridgehead atoms. The lowest BCUT2D eigenvalue weighted by atomic mass is 9.95. The van der Waals surface area contributed by atoms with Crippen molar-refractivity contribution < 1.29 is 34.1 Å². The molecule has 0 saturated carbocycles. The fraction of sp³-hybridized carbons (Fsp3) is 0.800. The summed E-state index contributed by atoms with van der Waals surface area (Å²) in [7, 11) is 0. The molecule has 32 heavy (non-hydrogen) atoms. The zero-order chi connectivity index (χ0) is 24.3. The monoisotopic (exact) mass is 454 g/mol. The molecule has 184 valence electrons. The van der Waals surface area contributed by atoms with Crippen LogP contribution >= 0.6 is 0 Å². The molecule has 6 atom stereocenters. The Hall–Kier alpha value is -1.89. The minimum atomic E-state index is -0.849. The van der Waals surface area contributed by atoms with Crippen LogP contribution in [-0.2, 0) is 23.9 Å². The van der Waals surface area contributed by atoms with Gasteiger partial charge in [-0.3, -0.25) is 14.4 Å². The fourth-order valence-corrected chi connectivity index (χ4v) is 4.33. The smallest absolute Gasteiger partial charge is 0.308 e. The molecule has 1 aliphatic heterocycles. The van der Waals surface area contributed by atoms with Crippen molar-refractivity contribution in [1.82, 2.24) is 0 Å². The van der Waals surface area contributed by atoms with Crippen molar-refractivity contribution >= 4 is 17.9 Å². The molecule has 1 unspecified atom stereocenters. The van der Waals surface area contributed by atoms with Crippen LogP contribution in [-0.4, -0.2) is 46.4 Å². The normalized spacial score (nSPS) is 23.3. The van der Waals surface area contributed by atoms with Gasteiger partial charge in [0, 0.05) is 6.42 Å². The summed E-state index contributed by atoms with van der Waals surface area (Å²) in [6.07, 6.45) is 6.39. The van der Waals surface area contributed by atoms with Crippen molar-refractivity contribution in [2.24, 2.45) is 17.8 Å². The van der Waals surface area contributed by atoms with E-state index in [-0.39, 0.29) is 36.6 Å². The maximum atomic E-state index is 12.6. The predicted octanol–water partition coefficient (Wildman–Crippen LogP) is 5.22. The Morgan fingerprint density at radius 3 is 2.38 bits per heavy atom. The summed E-state index contributed by atoms with van der Waals surface area (Å²) in [4.78, 5) is 34.5. The molecule has 0 amide bonds. The minimum absolute atomic E-state index is 0.0598. The quantitative estimate of drug-likeness (QED) is 0.187. The number of ether oxygens (including phenoxy) is 2. The van der Waals surface area contributed by atoms with Gasteiger partial charge in [0.2, 0.25) is 0 Å².